The minimum absolute atomic E-state index is 0.00159. The molecular weight excluding hydrogens is 283 g/mol. The number of benzene rings is 1. The smallest absolute Gasteiger partial charge is 0.224 e. The molecule has 7 heteroatoms. The molecule has 1 amide bonds. The molecule has 3 N–H and O–H groups in total. The first kappa shape index (κ1) is 16.4. The van der Waals surface area contributed by atoms with Crippen LogP contribution < -0.4 is 11.1 Å². The van der Waals surface area contributed by atoms with Gasteiger partial charge in [-0.2, -0.15) is 0 Å². The van der Waals surface area contributed by atoms with Crippen LogP contribution >= 0.6 is 0 Å². The number of rotatable bonds is 6. The molecule has 0 unspecified atom stereocenters. The van der Waals surface area contributed by atoms with Gasteiger partial charge in [-0.1, -0.05) is 0 Å². The molecule has 0 atom stereocenters. The Labute approximate surface area is 118 Å². The number of halogens is 1. The van der Waals surface area contributed by atoms with Crippen molar-refractivity contribution < 1.29 is 17.6 Å². The van der Waals surface area contributed by atoms with Crippen LogP contribution in [0.1, 0.15) is 26.7 Å². The lowest BCUT2D eigenvalue weighted by atomic mass is 10.2. The first-order valence-corrected chi connectivity index (χ1v) is 8.00. The maximum absolute atomic E-state index is 13.4. The molecule has 0 radical (unpaired) electrons. The molecule has 0 bridgehead atoms. The zero-order valence-corrected chi connectivity index (χ0v) is 12.3. The number of hydrogen-bond acceptors (Lipinski definition) is 4. The normalized spacial score (nSPS) is 11.6. The standard InChI is InChI=1S/C13H19FN2O3S/c1-9(2)20(18,19)7-3-4-13(17)16-12-8-10(15)5-6-11(12)14/h5-6,8-9H,3-4,7,15H2,1-2H3,(H,16,17). The molecule has 112 valence electrons. The molecule has 1 aromatic rings. The van der Waals surface area contributed by atoms with Gasteiger partial charge in [0.1, 0.15) is 5.82 Å². The highest BCUT2D eigenvalue weighted by atomic mass is 32.2. The van der Waals surface area contributed by atoms with Crippen LogP contribution in [0.5, 0.6) is 0 Å². The molecule has 0 aliphatic carbocycles. The van der Waals surface area contributed by atoms with Crippen LogP contribution in [-0.4, -0.2) is 25.3 Å². The zero-order valence-electron chi connectivity index (χ0n) is 11.5. The van der Waals surface area contributed by atoms with Crippen LogP contribution in [0, 0.1) is 5.82 Å². The van der Waals surface area contributed by atoms with E-state index in [1.807, 2.05) is 0 Å². The van der Waals surface area contributed by atoms with Crippen molar-refractivity contribution in [3.05, 3.63) is 24.0 Å². The second-order valence-electron chi connectivity index (χ2n) is 4.81. The predicted molar refractivity (Wildman–Crippen MR) is 77.6 cm³/mol. The molecule has 0 aliphatic heterocycles. The molecule has 20 heavy (non-hydrogen) atoms. The van der Waals surface area contributed by atoms with Crippen LogP contribution in [0.25, 0.3) is 0 Å². The summed E-state index contributed by atoms with van der Waals surface area (Å²) >= 11 is 0. The molecule has 0 saturated carbocycles. The Bertz CT molecular complexity index is 585. The van der Waals surface area contributed by atoms with E-state index in [1.165, 1.54) is 12.1 Å². The lowest BCUT2D eigenvalue weighted by Crippen LogP contribution is -2.20. The third-order valence-corrected chi connectivity index (χ3v) is 5.11. The van der Waals surface area contributed by atoms with Gasteiger partial charge in [-0.15, -0.1) is 0 Å². The molecule has 0 heterocycles. The third-order valence-electron chi connectivity index (χ3n) is 2.82. The Balaban J connectivity index is 2.51. The summed E-state index contributed by atoms with van der Waals surface area (Å²) in [6, 6.07) is 3.87. The number of sulfone groups is 1. The fourth-order valence-corrected chi connectivity index (χ4v) is 2.54. The number of nitrogen functional groups attached to an aromatic ring is 1. The van der Waals surface area contributed by atoms with Crippen LogP contribution in [-0.2, 0) is 14.6 Å². The van der Waals surface area contributed by atoms with Gasteiger partial charge in [0.2, 0.25) is 5.91 Å². The van der Waals surface area contributed by atoms with Crippen molar-refractivity contribution in [2.75, 3.05) is 16.8 Å². The largest absolute Gasteiger partial charge is 0.399 e. The fraction of sp³-hybridized carbons (Fsp3) is 0.462. The van der Waals surface area contributed by atoms with Crippen LogP contribution in [0.4, 0.5) is 15.8 Å². The van der Waals surface area contributed by atoms with E-state index in [1.54, 1.807) is 13.8 Å². The van der Waals surface area contributed by atoms with Crippen molar-refractivity contribution in [3.8, 4) is 0 Å². The summed E-state index contributed by atoms with van der Waals surface area (Å²) < 4.78 is 36.5. The predicted octanol–water partition coefficient (Wildman–Crippen LogP) is 1.95. The van der Waals surface area contributed by atoms with Crippen molar-refractivity contribution in [1.82, 2.24) is 0 Å². The number of nitrogens with one attached hydrogen (secondary N) is 1. The van der Waals surface area contributed by atoms with Gasteiger partial charge in [0, 0.05) is 12.1 Å². The summed E-state index contributed by atoms with van der Waals surface area (Å²) in [5.41, 5.74) is 5.84. The molecule has 1 rings (SSSR count). The van der Waals surface area contributed by atoms with Gasteiger partial charge >= 0.3 is 0 Å². The maximum atomic E-state index is 13.4. The average Bonchev–Trinajstić information content (AvgIpc) is 2.33. The van der Waals surface area contributed by atoms with Crippen LogP contribution in [0.3, 0.4) is 0 Å². The molecule has 0 saturated heterocycles. The summed E-state index contributed by atoms with van der Waals surface area (Å²) in [5.74, 6) is -1.08. The van der Waals surface area contributed by atoms with Crippen LogP contribution in [0.2, 0.25) is 0 Å². The van der Waals surface area contributed by atoms with Crippen molar-refractivity contribution in [3.63, 3.8) is 0 Å². The highest BCUT2D eigenvalue weighted by Gasteiger charge is 2.16. The Morgan fingerprint density at radius 2 is 2.05 bits per heavy atom. The number of hydrogen-bond donors (Lipinski definition) is 2. The van der Waals surface area contributed by atoms with E-state index in [0.29, 0.717) is 5.69 Å². The number of amides is 1. The van der Waals surface area contributed by atoms with Crippen molar-refractivity contribution in [1.29, 1.82) is 0 Å². The Kier molecular flexibility index (Phi) is 5.50. The average molecular weight is 302 g/mol. The number of carbonyl (C=O) groups excluding carboxylic acids is 1. The number of anilines is 2. The zero-order chi connectivity index (χ0) is 15.3. The van der Waals surface area contributed by atoms with E-state index >= 15 is 0 Å². The molecule has 0 aliphatic rings. The second-order valence-corrected chi connectivity index (χ2v) is 7.48. The molecular formula is C13H19FN2O3S. The molecule has 5 nitrogen and oxygen atoms in total. The van der Waals surface area contributed by atoms with Gasteiger partial charge in [0.25, 0.3) is 0 Å². The summed E-state index contributed by atoms with van der Waals surface area (Å²) in [5, 5.41) is 1.92. The van der Waals surface area contributed by atoms with E-state index in [2.05, 4.69) is 5.32 Å². The molecule has 1 aromatic carbocycles. The van der Waals surface area contributed by atoms with Gasteiger partial charge in [-0.25, -0.2) is 12.8 Å². The number of carbonyl (C=O) groups is 1. The van der Waals surface area contributed by atoms with Gasteiger partial charge in [0.05, 0.1) is 16.7 Å². The summed E-state index contributed by atoms with van der Waals surface area (Å²) in [4.78, 5) is 11.6. The highest BCUT2D eigenvalue weighted by Crippen LogP contribution is 2.17. The number of nitrogens with two attached hydrogens (primary N) is 1. The van der Waals surface area contributed by atoms with E-state index in [4.69, 9.17) is 5.73 Å². The van der Waals surface area contributed by atoms with Crippen molar-refractivity contribution in [2.45, 2.75) is 31.9 Å². The van der Waals surface area contributed by atoms with E-state index < -0.39 is 26.8 Å². The summed E-state index contributed by atoms with van der Waals surface area (Å²) in [6.07, 6.45) is 0.219. The first-order valence-electron chi connectivity index (χ1n) is 6.29. The highest BCUT2D eigenvalue weighted by molar-refractivity contribution is 7.91. The Morgan fingerprint density at radius 3 is 2.65 bits per heavy atom. The molecule has 0 spiro atoms. The maximum Gasteiger partial charge on any atom is 0.224 e. The topological polar surface area (TPSA) is 89.3 Å². The molecule has 0 fully saturated rings. The fourth-order valence-electron chi connectivity index (χ4n) is 1.52. The van der Waals surface area contributed by atoms with Crippen molar-refractivity contribution in [2.24, 2.45) is 0 Å². The SMILES string of the molecule is CC(C)S(=O)(=O)CCCC(=O)Nc1cc(N)ccc1F. The van der Waals surface area contributed by atoms with E-state index in [-0.39, 0.29) is 24.3 Å². The minimum atomic E-state index is -3.16. The second kappa shape index (κ2) is 6.69. The molecule has 0 aromatic heterocycles. The lowest BCUT2D eigenvalue weighted by molar-refractivity contribution is -0.116. The monoisotopic (exact) mass is 302 g/mol. The summed E-state index contributed by atoms with van der Waals surface area (Å²) in [6.45, 7) is 3.19. The minimum Gasteiger partial charge on any atom is -0.399 e. The van der Waals surface area contributed by atoms with Gasteiger partial charge in [-0.05, 0) is 38.5 Å². The van der Waals surface area contributed by atoms with Gasteiger partial charge < -0.3 is 11.1 Å². The van der Waals surface area contributed by atoms with Crippen LogP contribution in [0.15, 0.2) is 18.2 Å². The summed E-state index contributed by atoms with van der Waals surface area (Å²) in [7, 11) is -3.16. The Morgan fingerprint density at radius 1 is 1.40 bits per heavy atom. The van der Waals surface area contributed by atoms with E-state index in [9.17, 15) is 17.6 Å². The van der Waals surface area contributed by atoms with E-state index in [0.717, 1.165) is 6.07 Å². The van der Waals surface area contributed by atoms with Gasteiger partial charge in [-0.3, -0.25) is 4.79 Å². The first-order chi connectivity index (χ1) is 9.22. The van der Waals surface area contributed by atoms with Gasteiger partial charge in [0.15, 0.2) is 9.84 Å². The van der Waals surface area contributed by atoms with Crippen molar-refractivity contribution >= 4 is 27.1 Å². The quantitative estimate of drug-likeness (QED) is 0.786. The third kappa shape index (κ3) is 4.80. The lowest BCUT2D eigenvalue weighted by Gasteiger charge is -2.09. The Hall–Kier alpha value is -1.63.